The van der Waals surface area contributed by atoms with Crippen LogP contribution in [0.3, 0.4) is 0 Å². The Morgan fingerprint density at radius 1 is 0.402 bits per heavy atom. The fraction of sp³-hybridized carbons (Fsp3) is 0. The molecule has 11 heteroatoms. The number of carbonyl (C=O) groups is 1. The zero-order valence-electron chi connectivity index (χ0n) is 43.7. The molecular formula is C71H47F2IrN6O2-. The molecule has 0 aliphatic rings. The third-order valence-electron chi connectivity index (χ3n) is 14.5. The van der Waals surface area contributed by atoms with Gasteiger partial charge < -0.3 is 28.7 Å². The van der Waals surface area contributed by atoms with Gasteiger partial charge in [0.1, 0.15) is 5.69 Å². The van der Waals surface area contributed by atoms with Gasteiger partial charge in [-0.25, -0.2) is 9.78 Å². The first-order valence-electron chi connectivity index (χ1n) is 26.4. The molecule has 0 saturated carbocycles. The molecule has 0 unspecified atom stereocenters. The van der Waals surface area contributed by atoms with Crippen LogP contribution in [0.2, 0.25) is 0 Å². The summed E-state index contributed by atoms with van der Waals surface area (Å²) < 4.78 is 32.9. The molecule has 15 rings (SSSR count). The minimum atomic E-state index is -0.990. The van der Waals surface area contributed by atoms with E-state index in [2.05, 4.69) is 253 Å². The summed E-state index contributed by atoms with van der Waals surface area (Å²) in [5, 5.41) is 15.9. The van der Waals surface area contributed by atoms with Crippen molar-refractivity contribution in [1.29, 1.82) is 0 Å². The number of para-hydroxylation sites is 6. The average Bonchev–Trinajstić information content (AvgIpc) is 4.20. The fourth-order valence-electron chi connectivity index (χ4n) is 10.9. The van der Waals surface area contributed by atoms with Gasteiger partial charge in [0.15, 0.2) is 0 Å². The molecule has 1 N–H and O–H groups in total. The van der Waals surface area contributed by atoms with E-state index >= 15 is 0 Å². The Balaban J connectivity index is 0.000000230. The minimum absolute atomic E-state index is 0. The number of benzene rings is 10. The van der Waals surface area contributed by atoms with Gasteiger partial charge in [-0.3, -0.25) is 8.78 Å². The van der Waals surface area contributed by atoms with E-state index in [4.69, 9.17) is 5.11 Å². The van der Waals surface area contributed by atoms with Gasteiger partial charge in [-0.2, -0.15) is 0 Å². The van der Waals surface area contributed by atoms with Crippen molar-refractivity contribution >= 4 is 88.4 Å². The van der Waals surface area contributed by atoms with E-state index in [1.54, 1.807) is 36.5 Å². The SMILES string of the molecule is Fc1c[c-]c(-c2ccccn2)c(F)c1.O=C(O)c1ccccn1.[Ir].c1ccc2c(c1)c1ccccc1n2-c1ccc(N(c2ccc(-n3c4ccccc4c4ccccc43)cc2)c2ccc(-n3c4ccccc4c4ccccc43)cc2)cc1. The Morgan fingerprint density at radius 3 is 1.00 bits per heavy atom. The number of nitrogens with zero attached hydrogens (tertiary/aromatic N) is 6. The van der Waals surface area contributed by atoms with Crippen LogP contribution in [-0.4, -0.2) is 34.7 Å². The number of rotatable bonds is 8. The van der Waals surface area contributed by atoms with Gasteiger partial charge in [0.25, 0.3) is 0 Å². The van der Waals surface area contributed by atoms with Crippen LogP contribution < -0.4 is 4.90 Å². The number of aromatic carboxylic acids is 1. The Labute approximate surface area is 484 Å². The van der Waals surface area contributed by atoms with E-state index in [1.165, 1.54) is 77.7 Å². The van der Waals surface area contributed by atoms with Crippen molar-refractivity contribution < 1.29 is 38.8 Å². The summed E-state index contributed by atoms with van der Waals surface area (Å²) in [5.74, 6) is -2.28. The third-order valence-corrected chi connectivity index (χ3v) is 14.5. The number of carboxylic acids is 1. The van der Waals surface area contributed by atoms with Crippen LogP contribution in [0.5, 0.6) is 0 Å². The number of pyridine rings is 2. The molecular weight excluding hydrogens is 1200 g/mol. The monoisotopic (exact) mass is 1250 g/mol. The van der Waals surface area contributed by atoms with E-state index in [0.29, 0.717) is 5.69 Å². The molecule has 15 aromatic rings. The van der Waals surface area contributed by atoms with Crippen molar-refractivity contribution in [3.8, 4) is 28.3 Å². The van der Waals surface area contributed by atoms with Crippen LogP contribution in [-0.2, 0) is 20.1 Å². The number of aromatic nitrogens is 5. The van der Waals surface area contributed by atoms with Crippen molar-refractivity contribution in [1.82, 2.24) is 23.7 Å². The zero-order valence-corrected chi connectivity index (χ0v) is 46.1. The number of halogens is 2. The molecule has 5 heterocycles. The minimum Gasteiger partial charge on any atom is -0.477 e. The van der Waals surface area contributed by atoms with Crippen molar-refractivity contribution in [2.24, 2.45) is 0 Å². The maximum absolute atomic E-state index is 13.2. The summed E-state index contributed by atoms with van der Waals surface area (Å²) in [6, 6.07) is 93.4. The molecule has 0 aliphatic carbocycles. The van der Waals surface area contributed by atoms with E-state index in [-0.39, 0.29) is 31.4 Å². The van der Waals surface area contributed by atoms with Crippen LogP contribution in [0.1, 0.15) is 10.5 Å². The van der Waals surface area contributed by atoms with Crippen LogP contribution in [0.4, 0.5) is 25.8 Å². The van der Waals surface area contributed by atoms with Crippen LogP contribution in [0, 0.1) is 17.7 Å². The largest absolute Gasteiger partial charge is 0.477 e. The average molecular weight is 1250 g/mol. The number of hydrogen-bond donors (Lipinski definition) is 1. The Hall–Kier alpha value is -10.3. The quantitative estimate of drug-likeness (QED) is 0.153. The second kappa shape index (κ2) is 22.8. The molecule has 397 valence electrons. The predicted molar refractivity (Wildman–Crippen MR) is 324 cm³/mol. The molecule has 0 bridgehead atoms. The summed E-state index contributed by atoms with van der Waals surface area (Å²) >= 11 is 0. The van der Waals surface area contributed by atoms with E-state index in [9.17, 15) is 13.6 Å². The second-order valence-electron chi connectivity index (χ2n) is 19.3. The Bertz CT molecular complexity index is 4220. The molecule has 0 spiro atoms. The molecule has 0 amide bonds. The summed E-state index contributed by atoms with van der Waals surface area (Å²) in [6.07, 6.45) is 3.00. The third kappa shape index (κ3) is 9.85. The molecule has 5 aromatic heterocycles. The van der Waals surface area contributed by atoms with E-state index in [0.717, 1.165) is 46.3 Å². The van der Waals surface area contributed by atoms with Gasteiger partial charge in [-0.1, -0.05) is 139 Å². The molecule has 0 saturated heterocycles. The van der Waals surface area contributed by atoms with Crippen molar-refractivity contribution in [3.05, 3.63) is 303 Å². The van der Waals surface area contributed by atoms with Gasteiger partial charge in [0, 0.05) is 111 Å². The standard InChI is InChI=1S/C54H36N4.C11H6F2N.C6H5NO2.Ir/c1-7-19-49-43(13-1)44-14-2-8-20-50(44)56(49)40-31-25-37(26-32-40)55(38-27-33-41(34-28-38)57-51-21-9-3-15-45(51)46-16-4-10-22-52(46)57)39-29-35-42(36-30-39)58-53-23-11-5-17-47(53)48-18-6-12-24-54(48)58;12-8-4-5-9(10(13)7-8)11-3-1-2-6-14-11;8-6(9)5-3-1-2-4-7-5;/h1-36H;1-4,6-7H;1-4H,(H,8,9);/q;-1;;. The van der Waals surface area contributed by atoms with Gasteiger partial charge >= 0.3 is 5.97 Å². The molecule has 10 aromatic carbocycles. The van der Waals surface area contributed by atoms with Crippen LogP contribution in [0.25, 0.3) is 93.7 Å². The fourth-order valence-corrected chi connectivity index (χ4v) is 10.9. The first-order chi connectivity index (χ1) is 39.9. The van der Waals surface area contributed by atoms with Crippen LogP contribution in [0.15, 0.2) is 279 Å². The van der Waals surface area contributed by atoms with E-state index in [1.807, 2.05) is 0 Å². The normalized spacial score (nSPS) is 11.0. The summed E-state index contributed by atoms with van der Waals surface area (Å²) in [6.45, 7) is 0. The first kappa shape index (κ1) is 52.4. The second-order valence-corrected chi connectivity index (χ2v) is 19.3. The van der Waals surface area contributed by atoms with Gasteiger partial charge in [0.2, 0.25) is 0 Å². The molecule has 0 fully saturated rings. The van der Waals surface area contributed by atoms with Gasteiger partial charge in [0.05, 0.1) is 33.1 Å². The summed E-state index contributed by atoms with van der Waals surface area (Å²) in [4.78, 5) is 20.0. The smallest absolute Gasteiger partial charge is 0.354 e. The van der Waals surface area contributed by atoms with E-state index < -0.39 is 17.6 Å². The maximum atomic E-state index is 13.2. The molecule has 8 nitrogen and oxygen atoms in total. The van der Waals surface area contributed by atoms with Gasteiger partial charge in [-0.15, -0.1) is 12.1 Å². The Morgan fingerprint density at radius 2 is 0.720 bits per heavy atom. The Kier molecular flexibility index (Phi) is 14.6. The number of hydrogen-bond acceptors (Lipinski definition) is 4. The zero-order chi connectivity index (χ0) is 54.8. The summed E-state index contributed by atoms with van der Waals surface area (Å²) in [5.41, 5.74) is 14.6. The van der Waals surface area contributed by atoms with Crippen molar-refractivity contribution in [2.45, 2.75) is 0 Å². The number of carboxylic acid groups (broad SMARTS) is 1. The van der Waals surface area contributed by atoms with Crippen molar-refractivity contribution in [2.75, 3.05) is 4.90 Å². The topological polar surface area (TPSA) is 81.1 Å². The molecule has 1 radical (unpaired) electrons. The predicted octanol–water partition coefficient (Wildman–Crippen LogP) is 18.1. The van der Waals surface area contributed by atoms with Gasteiger partial charge in [-0.05, 0) is 133 Å². The number of fused-ring (bicyclic) bond motifs is 9. The molecule has 0 atom stereocenters. The number of anilines is 3. The first-order valence-corrected chi connectivity index (χ1v) is 26.4. The molecule has 0 aliphatic heterocycles. The van der Waals surface area contributed by atoms with Crippen molar-refractivity contribution in [3.63, 3.8) is 0 Å². The molecule has 82 heavy (non-hydrogen) atoms. The maximum Gasteiger partial charge on any atom is 0.354 e. The summed E-state index contributed by atoms with van der Waals surface area (Å²) in [7, 11) is 0. The van der Waals surface area contributed by atoms with Crippen LogP contribution >= 0.6 is 0 Å².